The zero-order chi connectivity index (χ0) is 26.4. The average molecular weight is 581 g/mol. The number of rotatable bonds is 9. The van der Waals surface area contributed by atoms with Crippen molar-refractivity contribution in [3.63, 3.8) is 0 Å². The molecule has 0 bridgehead atoms. The second-order valence-electron chi connectivity index (χ2n) is 8.69. The number of pyridine rings is 1. The molecule has 1 saturated heterocycles. The monoisotopic (exact) mass is 580 g/mol. The van der Waals surface area contributed by atoms with E-state index in [0.29, 0.717) is 47.3 Å². The van der Waals surface area contributed by atoms with Gasteiger partial charge in [-0.15, -0.1) is 23.7 Å². The molecule has 38 heavy (non-hydrogen) atoms. The molecule has 1 aliphatic heterocycles. The minimum atomic E-state index is -3.87. The van der Waals surface area contributed by atoms with Crippen molar-refractivity contribution in [1.82, 2.24) is 20.5 Å². The third kappa shape index (κ3) is 7.29. The van der Waals surface area contributed by atoms with Crippen LogP contribution in [-0.4, -0.2) is 60.7 Å². The predicted octanol–water partition coefficient (Wildman–Crippen LogP) is 3.57. The fraction of sp³-hybridized carbons (Fsp3) is 0.320. The minimum absolute atomic E-state index is 0. The maximum atomic E-state index is 12.9. The topological polar surface area (TPSA) is 129 Å². The van der Waals surface area contributed by atoms with Gasteiger partial charge < -0.3 is 9.64 Å². The van der Waals surface area contributed by atoms with Crippen molar-refractivity contribution in [3.05, 3.63) is 70.5 Å². The van der Waals surface area contributed by atoms with Crippen LogP contribution in [0.1, 0.15) is 34.5 Å². The highest BCUT2D eigenvalue weighted by Gasteiger charge is 2.26. The number of likely N-dealkylation sites (tertiary alicyclic amines) is 1. The van der Waals surface area contributed by atoms with E-state index in [9.17, 15) is 23.2 Å². The van der Waals surface area contributed by atoms with Gasteiger partial charge in [-0.25, -0.2) is 13.4 Å². The van der Waals surface area contributed by atoms with Crippen molar-refractivity contribution in [2.45, 2.75) is 35.7 Å². The minimum Gasteiger partial charge on any atom is -0.497 e. The maximum absolute atomic E-state index is 12.9. The number of thiophene rings is 1. The number of carbonyl (C=O) groups excluding carboxylic acids is 2. The van der Waals surface area contributed by atoms with Gasteiger partial charge in [-0.05, 0) is 72.2 Å². The molecule has 2 N–H and O–H groups in total. The Morgan fingerprint density at radius 2 is 1.89 bits per heavy atom. The number of hydrogen-bond acceptors (Lipinski definition) is 9. The van der Waals surface area contributed by atoms with E-state index in [1.807, 2.05) is 17.5 Å². The van der Waals surface area contributed by atoms with Gasteiger partial charge in [-0.1, -0.05) is 11.2 Å². The predicted molar refractivity (Wildman–Crippen MR) is 143 cm³/mol. The third-order valence-electron chi connectivity index (χ3n) is 6.14. The summed E-state index contributed by atoms with van der Waals surface area (Å²) in [6.45, 7) is 1.03. The molecule has 0 aliphatic carbocycles. The number of carbonyl (C=O) groups is 2. The Morgan fingerprint density at radius 3 is 2.53 bits per heavy atom. The molecule has 1 aliphatic rings. The zero-order valence-corrected chi connectivity index (χ0v) is 23.1. The van der Waals surface area contributed by atoms with Gasteiger partial charge in [0.05, 0.1) is 23.4 Å². The van der Waals surface area contributed by atoms with Gasteiger partial charge in [0.15, 0.2) is 5.03 Å². The van der Waals surface area contributed by atoms with Crippen LogP contribution in [0.15, 0.2) is 70.0 Å². The van der Waals surface area contributed by atoms with Crippen molar-refractivity contribution in [2.24, 2.45) is 5.92 Å². The number of aromatic nitrogens is 1. The summed E-state index contributed by atoms with van der Waals surface area (Å²) in [6, 6.07) is 12.5. The van der Waals surface area contributed by atoms with Crippen molar-refractivity contribution in [3.8, 4) is 5.75 Å². The normalized spacial score (nSPS) is 14.1. The van der Waals surface area contributed by atoms with Crippen molar-refractivity contribution < 1.29 is 28.0 Å². The van der Waals surface area contributed by atoms with Crippen LogP contribution in [0.25, 0.3) is 0 Å². The van der Waals surface area contributed by atoms with E-state index >= 15 is 0 Å². The lowest BCUT2D eigenvalue weighted by Crippen LogP contribution is -2.42. The number of benzene rings is 1. The molecule has 3 heterocycles. The lowest BCUT2D eigenvalue weighted by Gasteiger charge is -2.31. The summed E-state index contributed by atoms with van der Waals surface area (Å²) < 4.78 is 30.9. The number of nitrogens with one attached hydrogen (secondary N) is 1. The molecular formula is C25H29ClN4O6S2. The van der Waals surface area contributed by atoms with Gasteiger partial charge in [0.2, 0.25) is 15.7 Å². The van der Waals surface area contributed by atoms with E-state index in [4.69, 9.17) is 4.74 Å². The van der Waals surface area contributed by atoms with Crippen LogP contribution in [0.2, 0.25) is 0 Å². The second-order valence-corrected chi connectivity index (χ2v) is 11.5. The van der Waals surface area contributed by atoms with E-state index in [0.717, 1.165) is 0 Å². The molecule has 4 rings (SSSR count). The molecule has 0 unspecified atom stereocenters. The summed E-state index contributed by atoms with van der Waals surface area (Å²) in [4.78, 5) is 31.5. The lowest BCUT2D eigenvalue weighted by molar-refractivity contribution is -0.166. The molecule has 1 fully saturated rings. The number of halogens is 1. The highest BCUT2D eigenvalue weighted by Crippen LogP contribution is 2.24. The quantitative estimate of drug-likeness (QED) is 0.368. The summed E-state index contributed by atoms with van der Waals surface area (Å²) >= 11 is 1.42. The van der Waals surface area contributed by atoms with E-state index < -0.39 is 9.84 Å². The number of hydroxylamine groups is 1. The van der Waals surface area contributed by atoms with E-state index in [-0.39, 0.29) is 53.0 Å². The van der Waals surface area contributed by atoms with Gasteiger partial charge in [-0.2, -0.15) is 0 Å². The first-order valence-corrected chi connectivity index (χ1v) is 14.1. The van der Waals surface area contributed by atoms with E-state index in [1.54, 1.807) is 23.1 Å². The standard InChI is InChI=1S/C25H28N4O6S2.ClH/c1-35-20-4-6-21(7-5-20)37(33,34)24-16-19(8-11-26-24)17-29(32)27-23(30)15-18-9-12-28(13-10-18)25(31)22-3-2-14-36-22;/h2-8,11,14,16,18,32H,9-10,12-13,15,17H2,1H3,(H,27,30);1H. The second kappa shape index (κ2) is 13.2. The Morgan fingerprint density at radius 1 is 1.18 bits per heavy atom. The summed E-state index contributed by atoms with van der Waals surface area (Å²) in [5.41, 5.74) is 2.87. The van der Waals surface area contributed by atoms with Crippen LogP contribution in [0, 0.1) is 5.92 Å². The van der Waals surface area contributed by atoms with Crippen LogP contribution in [-0.2, 0) is 21.2 Å². The molecule has 10 nitrogen and oxygen atoms in total. The van der Waals surface area contributed by atoms with Gasteiger partial charge in [-0.3, -0.25) is 20.2 Å². The summed E-state index contributed by atoms with van der Waals surface area (Å²) in [5, 5.41) is 12.6. The maximum Gasteiger partial charge on any atom is 0.263 e. The van der Waals surface area contributed by atoms with Gasteiger partial charge in [0, 0.05) is 25.7 Å². The van der Waals surface area contributed by atoms with Crippen LogP contribution in [0.3, 0.4) is 0 Å². The number of methoxy groups -OCH3 is 1. The van der Waals surface area contributed by atoms with Gasteiger partial charge in [0.1, 0.15) is 5.75 Å². The summed E-state index contributed by atoms with van der Waals surface area (Å²) in [6.07, 6.45) is 2.96. The first kappa shape index (κ1) is 29.5. The zero-order valence-electron chi connectivity index (χ0n) is 20.6. The van der Waals surface area contributed by atoms with Crippen LogP contribution in [0.5, 0.6) is 5.75 Å². The number of piperidine rings is 1. The largest absolute Gasteiger partial charge is 0.497 e. The Kier molecular flexibility index (Phi) is 10.2. The third-order valence-corrected chi connectivity index (χ3v) is 8.66. The van der Waals surface area contributed by atoms with Gasteiger partial charge in [0.25, 0.3) is 5.91 Å². The van der Waals surface area contributed by atoms with E-state index in [1.165, 1.54) is 42.8 Å². The Hall–Kier alpha value is -3.03. The molecule has 0 atom stereocenters. The molecule has 0 spiro atoms. The smallest absolute Gasteiger partial charge is 0.263 e. The molecule has 204 valence electrons. The Bertz CT molecular complexity index is 1330. The lowest BCUT2D eigenvalue weighted by atomic mass is 9.93. The van der Waals surface area contributed by atoms with E-state index in [2.05, 4.69) is 10.4 Å². The molecule has 1 aromatic carbocycles. The number of hydrazine groups is 1. The fourth-order valence-corrected chi connectivity index (χ4v) is 6.06. The fourth-order valence-electron chi connectivity index (χ4n) is 4.13. The number of sulfone groups is 1. The highest BCUT2D eigenvalue weighted by atomic mass is 35.5. The SMILES string of the molecule is COc1ccc(S(=O)(=O)c2cc(CN(O)NC(=O)CC3CCN(C(=O)c4cccs4)CC3)ccn2)cc1.Cl. The average Bonchev–Trinajstić information content (AvgIpc) is 3.44. The molecule has 0 radical (unpaired) electrons. The van der Waals surface area contributed by atoms with Gasteiger partial charge >= 0.3 is 0 Å². The van der Waals surface area contributed by atoms with Crippen molar-refractivity contribution >= 4 is 45.4 Å². The molecule has 2 aromatic heterocycles. The molecule has 0 saturated carbocycles. The molecule has 3 aromatic rings. The number of ether oxygens (including phenoxy) is 1. The van der Waals surface area contributed by atoms with Crippen molar-refractivity contribution in [2.75, 3.05) is 20.2 Å². The Labute approximate surface area is 231 Å². The van der Waals surface area contributed by atoms with Crippen LogP contribution < -0.4 is 10.2 Å². The molecule has 2 amide bonds. The summed E-state index contributed by atoms with van der Waals surface area (Å²) in [7, 11) is -2.38. The molecular weight excluding hydrogens is 552 g/mol. The van der Waals surface area contributed by atoms with Crippen LogP contribution in [0.4, 0.5) is 0 Å². The Balaban J connectivity index is 0.00000400. The number of nitrogens with zero attached hydrogens (tertiary/aromatic N) is 3. The first-order chi connectivity index (χ1) is 17.8. The highest BCUT2D eigenvalue weighted by molar-refractivity contribution is 7.91. The number of amides is 2. The van der Waals surface area contributed by atoms with Crippen molar-refractivity contribution in [1.29, 1.82) is 0 Å². The molecule has 13 heteroatoms. The summed E-state index contributed by atoms with van der Waals surface area (Å²) in [5.74, 6) is 0.295. The van der Waals surface area contributed by atoms with Crippen LogP contribution >= 0.6 is 23.7 Å². The number of hydrogen-bond donors (Lipinski definition) is 2. The first-order valence-electron chi connectivity index (χ1n) is 11.7.